The van der Waals surface area contributed by atoms with Crippen molar-refractivity contribution in [3.05, 3.63) is 60.5 Å². The zero-order valence-electron chi connectivity index (χ0n) is 16.6. The van der Waals surface area contributed by atoms with Crippen LogP contribution in [0.1, 0.15) is 22.9 Å². The third-order valence-corrected chi connectivity index (χ3v) is 5.62. The number of piperazine rings is 1. The fourth-order valence-electron chi connectivity index (χ4n) is 4.17. The molecule has 2 N–H and O–H groups in total. The van der Waals surface area contributed by atoms with Gasteiger partial charge in [0.05, 0.1) is 6.04 Å². The van der Waals surface area contributed by atoms with Gasteiger partial charge in [0.15, 0.2) is 0 Å². The predicted octanol–water partition coefficient (Wildman–Crippen LogP) is 0.440. The van der Waals surface area contributed by atoms with Crippen LogP contribution >= 0.6 is 0 Å². The number of benzene rings is 1. The lowest BCUT2D eigenvalue weighted by atomic mass is 10.1. The minimum absolute atomic E-state index is 0.00153. The fourth-order valence-corrected chi connectivity index (χ4v) is 4.17. The van der Waals surface area contributed by atoms with Crippen LogP contribution in [0.25, 0.3) is 11.5 Å². The van der Waals surface area contributed by atoms with E-state index in [0.29, 0.717) is 37.7 Å². The summed E-state index contributed by atoms with van der Waals surface area (Å²) in [6.45, 7) is 1.04. The van der Waals surface area contributed by atoms with Gasteiger partial charge in [0.2, 0.25) is 23.5 Å². The number of nitrogens with zero attached hydrogens (tertiary/aromatic N) is 5. The van der Waals surface area contributed by atoms with E-state index >= 15 is 0 Å². The first-order chi connectivity index (χ1) is 15.2. The van der Waals surface area contributed by atoms with Crippen molar-refractivity contribution < 1.29 is 14.0 Å². The first kappa shape index (κ1) is 19.3. The normalized spacial score (nSPS) is 23.2. The molecule has 2 fully saturated rings. The number of aromatic nitrogens is 4. The lowest BCUT2D eigenvalue weighted by molar-refractivity contribution is -0.129. The fraction of sp³-hybridized carbons (Fsp3) is 0.333. The first-order valence-corrected chi connectivity index (χ1v) is 10.2. The Morgan fingerprint density at radius 3 is 2.77 bits per heavy atom. The summed E-state index contributed by atoms with van der Waals surface area (Å²) in [5, 5.41) is 14.2. The molecule has 0 unspecified atom stereocenters. The highest BCUT2D eigenvalue weighted by atomic mass is 16.4. The van der Waals surface area contributed by atoms with Crippen LogP contribution in [0.2, 0.25) is 0 Å². The summed E-state index contributed by atoms with van der Waals surface area (Å²) in [6.07, 6.45) is 4.09. The lowest BCUT2D eigenvalue weighted by Crippen LogP contribution is -2.58. The molecule has 3 aromatic rings. The molecule has 31 heavy (non-hydrogen) atoms. The molecule has 2 aromatic heterocycles. The Balaban J connectivity index is 1.26. The highest BCUT2D eigenvalue weighted by Crippen LogP contribution is 2.26. The minimum atomic E-state index is -0.341. The average Bonchev–Trinajstić information content (AvgIpc) is 3.45. The number of fused-ring (bicyclic) bond motifs is 1. The summed E-state index contributed by atoms with van der Waals surface area (Å²) in [4.78, 5) is 34.9. The number of amides is 2. The van der Waals surface area contributed by atoms with Crippen LogP contribution in [-0.2, 0) is 11.2 Å². The van der Waals surface area contributed by atoms with Gasteiger partial charge in [0.25, 0.3) is 5.91 Å². The Labute approximate surface area is 178 Å². The summed E-state index contributed by atoms with van der Waals surface area (Å²) < 4.78 is 5.85. The van der Waals surface area contributed by atoms with Crippen molar-refractivity contribution >= 4 is 11.8 Å². The molecule has 0 radical (unpaired) electrons. The van der Waals surface area contributed by atoms with Gasteiger partial charge >= 0.3 is 0 Å². The van der Waals surface area contributed by atoms with E-state index in [2.05, 4.69) is 35.7 Å². The third-order valence-electron chi connectivity index (χ3n) is 5.62. The van der Waals surface area contributed by atoms with Crippen molar-refractivity contribution in [3.8, 4) is 11.5 Å². The standard InChI is InChI=1S/C21H21N7O3/c29-19-16-9-14(25-20(30)18-22-7-4-8-23-18)12-28(16)15(11-24-19)10-17-26-27-21(31-17)13-5-2-1-3-6-13/h1-8,14-16H,9-12H2,(H,24,29)(H,25,30)/t14-,15+,16-/m0/s1. The van der Waals surface area contributed by atoms with Gasteiger partial charge in [-0.1, -0.05) is 18.2 Å². The molecular weight excluding hydrogens is 398 g/mol. The molecule has 0 saturated carbocycles. The molecule has 2 amide bonds. The van der Waals surface area contributed by atoms with E-state index < -0.39 is 0 Å². The molecule has 2 aliphatic heterocycles. The number of hydrogen-bond acceptors (Lipinski definition) is 8. The highest BCUT2D eigenvalue weighted by Gasteiger charge is 2.44. The number of nitrogens with one attached hydrogen (secondary N) is 2. The van der Waals surface area contributed by atoms with Crippen LogP contribution < -0.4 is 10.6 Å². The first-order valence-electron chi connectivity index (χ1n) is 10.2. The third kappa shape index (κ3) is 4.02. The van der Waals surface area contributed by atoms with Gasteiger partial charge in [-0.25, -0.2) is 9.97 Å². The molecule has 1 aromatic carbocycles. The summed E-state index contributed by atoms with van der Waals surface area (Å²) >= 11 is 0. The largest absolute Gasteiger partial charge is 0.421 e. The Kier molecular flexibility index (Phi) is 5.13. The molecule has 0 bridgehead atoms. The maximum Gasteiger partial charge on any atom is 0.289 e. The van der Waals surface area contributed by atoms with E-state index in [4.69, 9.17) is 4.42 Å². The van der Waals surface area contributed by atoms with Crippen molar-refractivity contribution in [2.24, 2.45) is 0 Å². The molecule has 5 rings (SSSR count). The van der Waals surface area contributed by atoms with E-state index in [9.17, 15) is 9.59 Å². The van der Waals surface area contributed by atoms with Crippen LogP contribution in [0.15, 0.2) is 53.2 Å². The highest BCUT2D eigenvalue weighted by molar-refractivity contribution is 5.90. The summed E-state index contributed by atoms with van der Waals surface area (Å²) in [7, 11) is 0. The molecule has 0 aliphatic carbocycles. The quantitative estimate of drug-likeness (QED) is 0.610. The predicted molar refractivity (Wildman–Crippen MR) is 109 cm³/mol. The molecule has 2 saturated heterocycles. The van der Waals surface area contributed by atoms with Crippen molar-refractivity contribution in [2.75, 3.05) is 13.1 Å². The SMILES string of the molecule is O=C(N[C@H]1C[C@H]2C(=O)NC[C@@H](Cc3nnc(-c4ccccc4)o3)N2C1)c1ncccn1. The van der Waals surface area contributed by atoms with Gasteiger partial charge < -0.3 is 15.1 Å². The average molecular weight is 419 g/mol. The minimum Gasteiger partial charge on any atom is -0.421 e. The zero-order chi connectivity index (χ0) is 21.2. The second kappa shape index (κ2) is 8.23. The van der Waals surface area contributed by atoms with Crippen LogP contribution in [-0.4, -0.2) is 68.1 Å². The molecule has 3 atom stereocenters. The van der Waals surface area contributed by atoms with Crippen LogP contribution in [0.3, 0.4) is 0 Å². The summed E-state index contributed by atoms with van der Waals surface area (Å²) in [6, 6.07) is 10.8. The van der Waals surface area contributed by atoms with Crippen molar-refractivity contribution in [1.29, 1.82) is 0 Å². The maximum atomic E-state index is 12.4. The van der Waals surface area contributed by atoms with Gasteiger partial charge in [-0.3, -0.25) is 14.5 Å². The molecule has 0 spiro atoms. The van der Waals surface area contributed by atoms with Gasteiger partial charge in [-0.05, 0) is 24.6 Å². The Hall–Kier alpha value is -3.66. The van der Waals surface area contributed by atoms with Crippen LogP contribution in [0.4, 0.5) is 0 Å². The molecule has 10 heteroatoms. The second-order valence-corrected chi connectivity index (χ2v) is 7.66. The van der Waals surface area contributed by atoms with Crippen molar-refractivity contribution in [2.45, 2.75) is 31.0 Å². The van der Waals surface area contributed by atoms with Crippen LogP contribution in [0.5, 0.6) is 0 Å². The molecular formula is C21H21N7O3. The van der Waals surface area contributed by atoms with E-state index in [1.54, 1.807) is 6.07 Å². The van der Waals surface area contributed by atoms with E-state index in [-0.39, 0.29) is 35.8 Å². The van der Waals surface area contributed by atoms with Gasteiger partial charge in [0.1, 0.15) is 0 Å². The Morgan fingerprint density at radius 1 is 1.16 bits per heavy atom. The van der Waals surface area contributed by atoms with Gasteiger partial charge in [-0.15, -0.1) is 10.2 Å². The van der Waals surface area contributed by atoms with E-state index in [1.807, 2.05) is 30.3 Å². The molecule has 158 valence electrons. The maximum absolute atomic E-state index is 12.4. The smallest absolute Gasteiger partial charge is 0.289 e. The molecule has 10 nitrogen and oxygen atoms in total. The lowest BCUT2D eigenvalue weighted by Gasteiger charge is -2.36. The van der Waals surface area contributed by atoms with E-state index in [1.165, 1.54) is 12.4 Å². The topological polar surface area (TPSA) is 126 Å². The van der Waals surface area contributed by atoms with Gasteiger partial charge in [-0.2, -0.15) is 0 Å². The molecule has 4 heterocycles. The number of carbonyl (C=O) groups is 2. The van der Waals surface area contributed by atoms with Crippen molar-refractivity contribution in [3.63, 3.8) is 0 Å². The zero-order valence-corrected chi connectivity index (χ0v) is 16.6. The monoisotopic (exact) mass is 419 g/mol. The van der Waals surface area contributed by atoms with Crippen molar-refractivity contribution in [1.82, 2.24) is 35.7 Å². The number of rotatable bonds is 5. The second-order valence-electron chi connectivity index (χ2n) is 7.66. The van der Waals surface area contributed by atoms with Crippen LogP contribution in [0, 0.1) is 0 Å². The summed E-state index contributed by atoms with van der Waals surface area (Å²) in [5.41, 5.74) is 0.864. The Bertz CT molecular complexity index is 1070. The number of carbonyl (C=O) groups excluding carboxylic acids is 2. The van der Waals surface area contributed by atoms with E-state index in [0.717, 1.165) is 5.56 Å². The van der Waals surface area contributed by atoms with Gasteiger partial charge in [0, 0.05) is 49.6 Å². The number of hydrogen-bond donors (Lipinski definition) is 2. The Morgan fingerprint density at radius 2 is 1.97 bits per heavy atom. The summed E-state index contributed by atoms with van der Waals surface area (Å²) in [5.74, 6) is 0.740. The molecule has 2 aliphatic rings.